The molecule has 0 aromatic carbocycles. The average Bonchev–Trinajstić information content (AvgIpc) is 2.40. The maximum Gasteiger partial charge on any atom is 0.147 e. The Hall–Kier alpha value is -0.0800. The third-order valence-corrected chi connectivity index (χ3v) is 6.43. The van der Waals surface area contributed by atoms with Crippen LogP contribution in [0.1, 0.15) is 59.3 Å². The van der Waals surface area contributed by atoms with Gasteiger partial charge in [0.1, 0.15) is 6.79 Å². The summed E-state index contributed by atoms with van der Waals surface area (Å²) in [4.78, 5) is 0. The normalized spacial score (nSPS) is 45.6. The predicted octanol–water partition coefficient (Wildman–Crippen LogP) is 4.24. The minimum atomic E-state index is 0.325. The molecule has 4 rings (SSSR count). The molecule has 2 nitrogen and oxygen atoms in total. The summed E-state index contributed by atoms with van der Waals surface area (Å²) in [5.41, 5.74) is 0.437. The first-order chi connectivity index (χ1) is 9.11. The van der Waals surface area contributed by atoms with E-state index in [1.54, 1.807) is 0 Å². The molecule has 0 aromatic heterocycles. The molecule has 0 saturated heterocycles. The summed E-state index contributed by atoms with van der Waals surface area (Å²) >= 11 is 0. The van der Waals surface area contributed by atoms with Gasteiger partial charge in [-0.2, -0.15) is 0 Å². The molecule has 1 atom stereocenters. The van der Waals surface area contributed by atoms with Crippen molar-refractivity contribution in [1.29, 1.82) is 0 Å². The zero-order valence-corrected chi connectivity index (χ0v) is 12.9. The maximum absolute atomic E-state index is 5.91. The Morgan fingerprint density at radius 2 is 1.63 bits per heavy atom. The van der Waals surface area contributed by atoms with E-state index in [1.165, 1.54) is 32.1 Å². The summed E-state index contributed by atoms with van der Waals surface area (Å²) in [6, 6.07) is 0. The van der Waals surface area contributed by atoms with E-state index in [4.69, 9.17) is 9.47 Å². The molecule has 4 fully saturated rings. The second kappa shape index (κ2) is 5.37. The highest BCUT2D eigenvalue weighted by molar-refractivity contribution is 5.04. The van der Waals surface area contributed by atoms with Gasteiger partial charge in [-0.1, -0.05) is 13.8 Å². The van der Waals surface area contributed by atoms with Crippen molar-refractivity contribution in [2.45, 2.75) is 65.4 Å². The molecule has 2 heteroatoms. The number of hydrogen-bond acceptors (Lipinski definition) is 2. The zero-order chi connectivity index (χ0) is 13.5. The molecule has 19 heavy (non-hydrogen) atoms. The molecule has 110 valence electrons. The molecule has 0 aromatic rings. The smallest absolute Gasteiger partial charge is 0.147 e. The van der Waals surface area contributed by atoms with E-state index in [2.05, 4.69) is 20.8 Å². The van der Waals surface area contributed by atoms with Gasteiger partial charge in [-0.05, 0) is 74.5 Å². The number of hydrogen-bond donors (Lipinski definition) is 0. The van der Waals surface area contributed by atoms with E-state index in [-0.39, 0.29) is 0 Å². The van der Waals surface area contributed by atoms with Crippen LogP contribution in [0, 0.1) is 29.1 Å². The molecule has 0 amide bonds. The Bertz CT molecular complexity index is 284. The fourth-order valence-electron chi connectivity index (χ4n) is 5.04. The van der Waals surface area contributed by atoms with E-state index in [1.807, 2.05) is 0 Å². The van der Waals surface area contributed by atoms with Gasteiger partial charge < -0.3 is 9.47 Å². The first-order valence-corrected chi connectivity index (χ1v) is 8.31. The van der Waals surface area contributed by atoms with Crippen LogP contribution in [-0.2, 0) is 9.47 Å². The van der Waals surface area contributed by atoms with Crippen molar-refractivity contribution in [2.24, 2.45) is 29.1 Å². The standard InChI is InChI=1S/C17H30O2/c1-4-12(2)19-11-18-10-17(3)15-6-13-5-14(8-15)9-16(17)7-13/h12-16H,4-11H2,1-3H3. The van der Waals surface area contributed by atoms with Crippen LogP contribution in [0.4, 0.5) is 0 Å². The van der Waals surface area contributed by atoms with Crippen LogP contribution in [0.3, 0.4) is 0 Å². The Balaban J connectivity index is 1.52. The largest absolute Gasteiger partial charge is 0.355 e. The van der Waals surface area contributed by atoms with E-state index < -0.39 is 0 Å². The van der Waals surface area contributed by atoms with Crippen molar-refractivity contribution in [3.63, 3.8) is 0 Å². The van der Waals surface area contributed by atoms with Crippen LogP contribution in [0.2, 0.25) is 0 Å². The predicted molar refractivity (Wildman–Crippen MR) is 76.8 cm³/mol. The molecule has 4 aliphatic rings. The Kier molecular flexibility index (Phi) is 3.92. The highest BCUT2D eigenvalue weighted by Crippen LogP contribution is 2.62. The van der Waals surface area contributed by atoms with Gasteiger partial charge in [0.2, 0.25) is 0 Å². The highest BCUT2D eigenvalue weighted by Gasteiger charge is 2.54. The highest BCUT2D eigenvalue weighted by atomic mass is 16.7. The second-order valence-electron chi connectivity index (χ2n) is 7.66. The summed E-state index contributed by atoms with van der Waals surface area (Å²) in [7, 11) is 0. The molecule has 0 N–H and O–H groups in total. The van der Waals surface area contributed by atoms with Crippen molar-refractivity contribution >= 4 is 0 Å². The zero-order valence-electron chi connectivity index (χ0n) is 12.9. The summed E-state index contributed by atoms with van der Waals surface area (Å²) in [5, 5.41) is 0. The lowest BCUT2D eigenvalue weighted by Crippen LogP contribution is -2.53. The first kappa shape index (κ1) is 13.9. The van der Waals surface area contributed by atoms with Gasteiger partial charge in [0.05, 0.1) is 12.7 Å². The van der Waals surface area contributed by atoms with Crippen molar-refractivity contribution in [3.05, 3.63) is 0 Å². The molecule has 4 saturated carbocycles. The topological polar surface area (TPSA) is 18.5 Å². The fraction of sp³-hybridized carbons (Fsp3) is 1.00. The Labute approximate surface area is 118 Å². The molecule has 0 spiro atoms. The van der Waals surface area contributed by atoms with Crippen LogP contribution in [0.5, 0.6) is 0 Å². The van der Waals surface area contributed by atoms with Gasteiger partial charge in [0.15, 0.2) is 0 Å². The summed E-state index contributed by atoms with van der Waals surface area (Å²) in [6.45, 7) is 8.16. The van der Waals surface area contributed by atoms with Gasteiger partial charge in [0.25, 0.3) is 0 Å². The van der Waals surface area contributed by atoms with Crippen LogP contribution in [0.15, 0.2) is 0 Å². The van der Waals surface area contributed by atoms with Crippen molar-refractivity contribution in [2.75, 3.05) is 13.4 Å². The second-order valence-corrected chi connectivity index (χ2v) is 7.66. The summed E-state index contributed by atoms with van der Waals surface area (Å²) in [6.07, 6.45) is 8.80. The van der Waals surface area contributed by atoms with Crippen LogP contribution < -0.4 is 0 Å². The van der Waals surface area contributed by atoms with Gasteiger partial charge in [-0.15, -0.1) is 0 Å². The van der Waals surface area contributed by atoms with Crippen LogP contribution in [0.25, 0.3) is 0 Å². The Morgan fingerprint density at radius 3 is 2.16 bits per heavy atom. The van der Waals surface area contributed by atoms with Gasteiger partial charge in [-0.25, -0.2) is 0 Å². The molecule has 0 heterocycles. The molecule has 0 aliphatic heterocycles. The van der Waals surface area contributed by atoms with Crippen molar-refractivity contribution in [1.82, 2.24) is 0 Å². The number of rotatable bonds is 6. The molecule has 4 bridgehead atoms. The third kappa shape index (κ3) is 2.58. The van der Waals surface area contributed by atoms with E-state index in [0.717, 1.165) is 36.7 Å². The SMILES string of the molecule is CCC(C)OCOCC1(C)C2CC3CC(C2)CC1C3. The molecule has 4 aliphatic carbocycles. The maximum atomic E-state index is 5.91. The quantitative estimate of drug-likeness (QED) is 0.529. The lowest BCUT2D eigenvalue weighted by Gasteiger charge is -2.60. The fourth-order valence-corrected chi connectivity index (χ4v) is 5.04. The van der Waals surface area contributed by atoms with Gasteiger partial charge in [0, 0.05) is 0 Å². The van der Waals surface area contributed by atoms with Crippen molar-refractivity contribution < 1.29 is 9.47 Å². The molecular formula is C17H30O2. The van der Waals surface area contributed by atoms with E-state index in [9.17, 15) is 0 Å². The lowest BCUT2D eigenvalue weighted by atomic mass is 9.46. The van der Waals surface area contributed by atoms with Gasteiger partial charge >= 0.3 is 0 Å². The van der Waals surface area contributed by atoms with Crippen molar-refractivity contribution in [3.8, 4) is 0 Å². The lowest BCUT2D eigenvalue weighted by molar-refractivity contribution is -0.166. The van der Waals surface area contributed by atoms with Gasteiger partial charge in [-0.3, -0.25) is 0 Å². The van der Waals surface area contributed by atoms with E-state index >= 15 is 0 Å². The monoisotopic (exact) mass is 266 g/mol. The van der Waals surface area contributed by atoms with Crippen LogP contribution in [-0.4, -0.2) is 19.5 Å². The van der Waals surface area contributed by atoms with E-state index in [0.29, 0.717) is 18.3 Å². The molecule has 1 unspecified atom stereocenters. The summed E-state index contributed by atoms with van der Waals surface area (Å²) in [5.74, 6) is 3.94. The first-order valence-electron chi connectivity index (χ1n) is 8.31. The molecule has 0 radical (unpaired) electrons. The number of ether oxygens (including phenoxy) is 2. The minimum Gasteiger partial charge on any atom is -0.355 e. The molecular weight excluding hydrogens is 236 g/mol. The Morgan fingerprint density at radius 1 is 1.05 bits per heavy atom. The third-order valence-electron chi connectivity index (χ3n) is 6.43. The minimum absolute atomic E-state index is 0.325. The van der Waals surface area contributed by atoms with Crippen LogP contribution >= 0.6 is 0 Å². The summed E-state index contributed by atoms with van der Waals surface area (Å²) < 4.78 is 11.6. The average molecular weight is 266 g/mol.